The molecule has 1 saturated heterocycles. The molecule has 5 aromatic rings. The first kappa shape index (κ1) is 24.3. The van der Waals surface area contributed by atoms with Gasteiger partial charge in [0.15, 0.2) is 0 Å². The molecule has 5 heterocycles. The first-order chi connectivity index (χ1) is 18.5. The summed E-state index contributed by atoms with van der Waals surface area (Å²) >= 11 is 0. The minimum atomic E-state index is -0.348. The zero-order valence-electron chi connectivity index (χ0n) is 21.4. The van der Waals surface area contributed by atoms with Crippen LogP contribution in [0.1, 0.15) is 30.0 Å². The van der Waals surface area contributed by atoms with Crippen LogP contribution in [0.15, 0.2) is 65.8 Å². The number of ether oxygens (including phenoxy) is 1. The Morgan fingerprint density at radius 2 is 2.00 bits per heavy atom. The molecule has 0 amide bonds. The molecule has 2 N–H and O–H groups in total. The third-order valence-corrected chi connectivity index (χ3v) is 7.09. The van der Waals surface area contributed by atoms with E-state index in [1.54, 1.807) is 18.6 Å². The SMILES string of the molecule is CN(C)Cc1nc(Nc2ccc(-c3cnc4cc(F)ccn34)c3cc[nH]c(=O)c23)ccc1C1CCOCC1. The zero-order chi connectivity index (χ0) is 26.2. The summed E-state index contributed by atoms with van der Waals surface area (Å²) in [4.78, 5) is 27.3. The van der Waals surface area contributed by atoms with Gasteiger partial charge in [-0.3, -0.25) is 9.20 Å². The summed E-state index contributed by atoms with van der Waals surface area (Å²) in [6.45, 7) is 2.26. The number of imidazole rings is 1. The fourth-order valence-electron chi connectivity index (χ4n) is 5.32. The molecule has 6 rings (SSSR count). The van der Waals surface area contributed by atoms with Gasteiger partial charge in [-0.05, 0) is 62.7 Å². The lowest BCUT2D eigenvalue weighted by atomic mass is 9.90. The molecule has 1 aromatic carbocycles. The number of pyridine rings is 3. The smallest absolute Gasteiger partial charge is 0.257 e. The van der Waals surface area contributed by atoms with Crippen molar-refractivity contribution in [1.82, 2.24) is 24.3 Å². The summed E-state index contributed by atoms with van der Waals surface area (Å²) < 4.78 is 21.1. The summed E-state index contributed by atoms with van der Waals surface area (Å²) in [5, 5.41) is 4.68. The van der Waals surface area contributed by atoms with Gasteiger partial charge >= 0.3 is 0 Å². The van der Waals surface area contributed by atoms with Crippen molar-refractivity contribution in [2.45, 2.75) is 25.3 Å². The van der Waals surface area contributed by atoms with Gasteiger partial charge in [0, 0.05) is 49.2 Å². The maximum Gasteiger partial charge on any atom is 0.257 e. The number of nitrogens with one attached hydrogen (secondary N) is 2. The number of aromatic nitrogens is 4. The lowest BCUT2D eigenvalue weighted by molar-refractivity contribution is 0.0849. The van der Waals surface area contributed by atoms with Crippen LogP contribution in [-0.2, 0) is 11.3 Å². The van der Waals surface area contributed by atoms with Crippen LogP contribution in [0.4, 0.5) is 15.9 Å². The minimum absolute atomic E-state index is 0.209. The standard InChI is InChI=1S/C29H29FN6O2/c1-35(2)17-24-20(18-9-13-38-14-10-18)4-6-26(34-24)33-23-5-3-21(22-7-11-31-29(37)28(22)23)25-16-32-27-15-19(30)8-12-36(25)27/h3-8,11-12,15-16,18H,9-10,13-14,17H2,1-2H3,(H,31,37)(H,33,34). The number of anilines is 2. The quantitative estimate of drug-likeness (QED) is 0.330. The largest absolute Gasteiger partial charge is 0.381 e. The summed E-state index contributed by atoms with van der Waals surface area (Å²) in [6, 6.07) is 12.6. The third kappa shape index (κ3) is 4.55. The Balaban J connectivity index is 1.42. The van der Waals surface area contributed by atoms with E-state index in [0.717, 1.165) is 54.9 Å². The average Bonchev–Trinajstić information content (AvgIpc) is 3.32. The molecule has 1 aliphatic rings. The fourth-order valence-corrected chi connectivity index (χ4v) is 5.32. The Kier molecular flexibility index (Phi) is 6.39. The Hall–Kier alpha value is -4.08. The molecule has 0 atom stereocenters. The van der Waals surface area contributed by atoms with Crippen LogP contribution in [0.2, 0.25) is 0 Å². The van der Waals surface area contributed by atoms with Crippen LogP contribution >= 0.6 is 0 Å². The molecule has 8 nitrogen and oxygen atoms in total. The van der Waals surface area contributed by atoms with Crippen molar-refractivity contribution in [1.29, 1.82) is 0 Å². The van der Waals surface area contributed by atoms with E-state index < -0.39 is 0 Å². The summed E-state index contributed by atoms with van der Waals surface area (Å²) in [5.74, 6) is 0.766. The number of aromatic amines is 1. The molecule has 1 aliphatic heterocycles. The highest BCUT2D eigenvalue weighted by atomic mass is 19.1. The van der Waals surface area contributed by atoms with E-state index in [1.807, 2.05) is 42.8 Å². The molecule has 38 heavy (non-hydrogen) atoms. The monoisotopic (exact) mass is 512 g/mol. The molecule has 4 aromatic heterocycles. The molecule has 1 fully saturated rings. The normalized spacial score (nSPS) is 14.5. The van der Waals surface area contributed by atoms with Gasteiger partial charge in [-0.1, -0.05) is 12.1 Å². The Bertz CT molecular complexity index is 1690. The predicted molar refractivity (Wildman–Crippen MR) is 146 cm³/mol. The first-order valence-corrected chi connectivity index (χ1v) is 12.7. The van der Waals surface area contributed by atoms with Crippen LogP contribution in [0.5, 0.6) is 0 Å². The van der Waals surface area contributed by atoms with Gasteiger partial charge in [0.05, 0.1) is 28.7 Å². The van der Waals surface area contributed by atoms with Crippen LogP contribution in [0.3, 0.4) is 0 Å². The van der Waals surface area contributed by atoms with Crippen LogP contribution in [-0.4, -0.2) is 51.6 Å². The summed E-state index contributed by atoms with van der Waals surface area (Å²) in [7, 11) is 4.08. The van der Waals surface area contributed by atoms with Crippen molar-refractivity contribution >= 4 is 27.9 Å². The molecule has 9 heteroatoms. The number of H-pyrrole nitrogens is 1. The van der Waals surface area contributed by atoms with Gasteiger partial charge in [-0.15, -0.1) is 0 Å². The number of fused-ring (bicyclic) bond motifs is 2. The van der Waals surface area contributed by atoms with Crippen molar-refractivity contribution in [3.63, 3.8) is 0 Å². The molecule has 194 valence electrons. The van der Waals surface area contributed by atoms with Gasteiger partial charge in [0.1, 0.15) is 17.3 Å². The summed E-state index contributed by atoms with van der Waals surface area (Å²) in [5.41, 5.74) is 4.84. The number of rotatable bonds is 6. The summed E-state index contributed by atoms with van der Waals surface area (Å²) in [6.07, 6.45) is 6.96. The Morgan fingerprint density at radius 1 is 1.16 bits per heavy atom. The average molecular weight is 513 g/mol. The van der Waals surface area contributed by atoms with Crippen molar-refractivity contribution in [2.24, 2.45) is 0 Å². The second-order valence-corrected chi connectivity index (χ2v) is 9.95. The fraction of sp³-hybridized carbons (Fsp3) is 0.276. The number of halogens is 1. The maximum absolute atomic E-state index is 13.7. The van der Waals surface area contributed by atoms with Gasteiger partial charge < -0.3 is 19.9 Å². The number of hydrogen-bond acceptors (Lipinski definition) is 6. The number of nitrogens with zero attached hydrogens (tertiary/aromatic N) is 4. The van der Waals surface area contributed by atoms with E-state index in [-0.39, 0.29) is 11.4 Å². The van der Waals surface area contributed by atoms with Gasteiger partial charge in [-0.2, -0.15) is 0 Å². The van der Waals surface area contributed by atoms with Crippen LogP contribution < -0.4 is 10.9 Å². The Labute approximate surface area is 219 Å². The van der Waals surface area contributed by atoms with Crippen molar-refractivity contribution in [3.05, 3.63) is 88.5 Å². The van der Waals surface area contributed by atoms with Crippen molar-refractivity contribution in [2.75, 3.05) is 32.6 Å². The zero-order valence-corrected chi connectivity index (χ0v) is 21.4. The van der Waals surface area contributed by atoms with E-state index >= 15 is 0 Å². The molecule has 0 unspecified atom stereocenters. The van der Waals surface area contributed by atoms with E-state index in [9.17, 15) is 9.18 Å². The molecule has 0 spiro atoms. The molecular weight excluding hydrogens is 483 g/mol. The van der Waals surface area contributed by atoms with E-state index in [2.05, 4.69) is 26.3 Å². The molecule has 0 aliphatic carbocycles. The number of hydrogen-bond donors (Lipinski definition) is 2. The predicted octanol–water partition coefficient (Wildman–Crippen LogP) is 5.08. The molecular formula is C29H29FN6O2. The van der Waals surface area contributed by atoms with E-state index in [0.29, 0.717) is 28.5 Å². The molecule has 0 bridgehead atoms. The van der Waals surface area contributed by atoms with Crippen LogP contribution in [0, 0.1) is 5.82 Å². The molecule has 0 radical (unpaired) electrons. The Morgan fingerprint density at radius 3 is 2.82 bits per heavy atom. The van der Waals surface area contributed by atoms with Crippen molar-refractivity contribution in [3.8, 4) is 11.3 Å². The minimum Gasteiger partial charge on any atom is -0.381 e. The van der Waals surface area contributed by atoms with E-state index in [4.69, 9.17) is 9.72 Å². The number of benzene rings is 1. The highest BCUT2D eigenvalue weighted by molar-refractivity contribution is 6.03. The highest BCUT2D eigenvalue weighted by Gasteiger charge is 2.21. The topological polar surface area (TPSA) is 87.6 Å². The van der Waals surface area contributed by atoms with Gasteiger partial charge in [0.25, 0.3) is 5.56 Å². The second kappa shape index (κ2) is 10.00. The molecule has 0 saturated carbocycles. The maximum atomic E-state index is 13.7. The van der Waals surface area contributed by atoms with Crippen LogP contribution in [0.25, 0.3) is 27.7 Å². The lowest BCUT2D eigenvalue weighted by Crippen LogP contribution is -2.19. The third-order valence-electron chi connectivity index (χ3n) is 7.09. The lowest BCUT2D eigenvalue weighted by Gasteiger charge is -2.25. The highest BCUT2D eigenvalue weighted by Crippen LogP contribution is 2.34. The van der Waals surface area contributed by atoms with Gasteiger partial charge in [0.2, 0.25) is 0 Å². The first-order valence-electron chi connectivity index (χ1n) is 12.7. The second-order valence-electron chi connectivity index (χ2n) is 9.95. The van der Waals surface area contributed by atoms with Gasteiger partial charge in [-0.25, -0.2) is 14.4 Å². The van der Waals surface area contributed by atoms with E-state index in [1.165, 1.54) is 17.7 Å². The van der Waals surface area contributed by atoms with Crippen molar-refractivity contribution < 1.29 is 9.13 Å².